The SMILES string of the molecule is OC[C@@H]1OCO[C@@H]2[C@H]1OCO[C@H]2CO. The molecule has 14 heavy (non-hydrogen) atoms. The third-order valence-corrected chi connectivity index (χ3v) is 2.50. The van der Waals surface area contributed by atoms with Crippen molar-refractivity contribution in [2.24, 2.45) is 0 Å². The van der Waals surface area contributed by atoms with Gasteiger partial charge >= 0.3 is 0 Å². The maximum absolute atomic E-state index is 9.03. The third-order valence-electron chi connectivity index (χ3n) is 2.50. The van der Waals surface area contributed by atoms with Gasteiger partial charge in [0.1, 0.15) is 38.0 Å². The molecule has 0 bridgehead atoms. The van der Waals surface area contributed by atoms with Crippen molar-refractivity contribution in [3.63, 3.8) is 0 Å². The van der Waals surface area contributed by atoms with Crippen LogP contribution in [0.25, 0.3) is 0 Å². The summed E-state index contributed by atoms with van der Waals surface area (Å²) in [6, 6.07) is 0. The van der Waals surface area contributed by atoms with Crippen LogP contribution in [-0.4, -0.2) is 61.4 Å². The van der Waals surface area contributed by atoms with Gasteiger partial charge in [-0.25, -0.2) is 0 Å². The average molecular weight is 206 g/mol. The topological polar surface area (TPSA) is 77.4 Å². The fraction of sp³-hybridized carbons (Fsp3) is 1.00. The van der Waals surface area contributed by atoms with E-state index in [-0.39, 0.29) is 39.0 Å². The van der Waals surface area contributed by atoms with Gasteiger partial charge in [-0.05, 0) is 0 Å². The largest absolute Gasteiger partial charge is 0.394 e. The maximum Gasteiger partial charge on any atom is 0.147 e. The molecule has 0 aromatic carbocycles. The minimum absolute atomic E-state index is 0.0929. The molecule has 0 spiro atoms. The first-order chi connectivity index (χ1) is 6.86. The van der Waals surface area contributed by atoms with Crippen molar-refractivity contribution in [1.29, 1.82) is 0 Å². The van der Waals surface area contributed by atoms with E-state index < -0.39 is 12.2 Å². The van der Waals surface area contributed by atoms with Crippen LogP contribution in [0.3, 0.4) is 0 Å². The van der Waals surface area contributed by atoms with Gasteiger partial charge in [0.15, 0.2) is 0 Å². The Morgan fingerprint density at radius 3 is 1.57 bits per heavy atom. The monoisotopic (exact) mass is 206 g/mol. The van der Waals surface area contributed by atoms with Gasteiger partial charge in [0.2, 0.25) is 0 Å². The van der Waals surface area contributed by atoms with Crippen molar-refractivity contribution in [3.8, 4) is 0 Å². The van der Waals surface area contributed by atoms with Crippen molar-refractivity contribution in [2.45, 2.75) is 24.4 Å². The molecule has 6 heteroatoms. The fourth-order valence-corrected chi connectivity index (χ4v) is 1.74. The molecule has 0 aromatic heterocycles. The van der Waals surface area contributed by atoms with Crippen molar-refractivity contribution in [2.75, 3.05) is 26.8 Å². The molecule has 0 amide bonds. The summed E-state index contributed by atoms with van der Waals surface area (Å²) in [6.07, 6.45) is -1.52. The summed E-state index contributed by atoms with van der Waals surface area (Å²) in [4.78, 5) is 0. The molecule has 0 radical (unpaired) electrons. The number of hydrogen-bond acceptors (Lipinski definition) is 6. The Labute approximate surface area is 81.3 Å². The summed E-state index contributed by atoms with van der Waals surface area (Å²) in [5.41, 5.74) is 0. The molecule has 82 valence electrons. The summed E-state index contributed by atoms with van der Waals surface area (Å²) < 4.78 is 20.9. The minimum Gasteiger partial charge on any atom is -0.394 e. The van der Waals surface area contributed by atoms with Gasteiger partial charge in [-0.3, -0.25) is 0 Å². The first-order valence-corrected chi connectivity index (χ1v) is 4.55. The lowest BCUT2D eigenvalue weighted by Crippen LogP contribution is -2.58. The van der Waals surface area contributed by atoms with Crippen molar-refractivity contribution < 1.29 is 29.2 Å². The van der Waals surface area contributed by atoms with E-state index in [1.165, 1.54) is 0 Å². The Kier molecular flexibility index (Phi) is 3.32. The second-order valence-corrected chi connectivity index (χ2v) is 3.27. The Hall–Kier alpha value is -0.240. The molecule has 0 aliphatic carbocycles. The molecule has 6 nitrogen and oxygen atoms in total. The molecule has 2 heterocycles. The zero-order valence-corrected chi connectivity index (χ0v) is 7.67. The van der Waals surface area contributed by atoms with E-state index in [1.54, 1.807) is 0 Å². The van der Waals surface area contributed by atoms with E-state index in [2.05, 4.69) is 0 Å². The van der Waals surface area contributed by atoms with Crippen LogP contribution in [0.2, 0.25) is 0 Å². The van der Waals surface area contributed by atoms with Gasteiger partial charge in [-0.15, -0.1) is 0 Å². The van der Waals surface area contributed by atoms with E-state index in [9.17, 15) is 0 Å². The summed E-state index contributed by atoms with van der Waals surface area (Å²) in [6.45, 7) is -0.0590. The zero-order valence-electron chi connectivity index (χ0n) is 7.67. The first-order valence-electron chi connectivity index (χ1n) is 4.55. The predicted molar refractivity (Wildman–Crippen MR) is 43.4 cm³/mol. The lowest BCUT2D eigenvalue weighted by Gasteiger charge is -2.43. The lowest BCUT2D eigenvalue weighted by molar-refractivity contribution is -0.328. The summed E-state index contributed by atoms with van der Waals surface area (Å²) in [5, 5.41) is 18.1. The molecule has 2 fully saturated rings. The normalized spacial score (nSPS) is 43.3. The van der Waals surface area contributed by atoms with Gasteiger partial charge in [0.05, 0.1) is 13.2 Å². The average Bonchev–Trinajstić information content (AvgIpc) is 2.27. The molecule has 2 saturated heterocycles. The number of aliphatic hydroxyl groups is 2. The van der Waals surface area contributed by atoms with E-state index in [1.807, 2.05) is 0 Å². The van der Waals surface area contributed by atoms with Gasteiger partial charge in [0.25, 0.3) is 0 Å². The quantitative estimate of drug-likeness (QED) is 0.570. The number of fused-ring (bicyclic) bond motifs is 1. The van der Waals surface area contributed by atoms with Crippen molar-refractivity contribution in [3.05, 3.63) is 0 Å². The minimum atomic E-state index is -0.397. The van der Waals surface area contributed by atoms with Crippen molar-refractivity contribution in [1.82, 2.24) is 0 Å². The lowest BCUT2D eigenvalue weighted by atomic mass is 10.0. The Morgan fingerprint density at radius 2 is 1.21 bits per heavy atom. The van der Waals surface area contributed by atoms with Gasteiger partial charge in [-0.2, -0.15) is 0 Å². The number of hydrogen-bond donors (Lipinski definition) is 2. The fourth-order valence-electron chi connectivity index (χ4n) is 1.74. The second kappa shape index (κ2) is 4.52. The molecule has 0 aromatic rings. The maximum atomic E-state index is 9.03. The van der Waals surface area contributed by atoms with Gasteiger partial charge in [-0.1, -0.05) is 0 Å². The number of ether oxygens (including phenoxy) is 4. The highest BCUT2D eigenvalue weighted by atomic mass is 16.8. The van der Waals surface area contributed by atoms with Gasteiger partial charge in [0, 0.05) is 0 Å². The van der Waals surface area contributed by atoms with Crippen LogP contribution < -0.4 is 0 Å². The Morgan fingerprint density at radius 1 is 0.786 bits per heavy atom. The highest BCUT2D eigenvalue weighted by molar-refractivity contribution is 4.88. The van der Waals surface area contributed by atoms with Crippen LogP contribution in [0.15, 0.2) is 0 Å². The summed E-state index contributed by atoms with van der Waals surface area (Å²) >= 11 is 0. The molecule has 2 aliphatic heterocycles. The van der Waals surface area contributed by atoms with Crippen LogP contribution >= 0.6 is 0 Å². The molecular formula is C8H14O6. The van der Waals surface area contributed by atoms with Crippen LogP contribution in [0, 0.1) is 0 Å². The first kappa shape index (κ1) is 10.3. The van der Waals surface area contributed by atoms with Crippen LogP contribution in [0.1, 0.15) is 0 Å². The van der Waals surface area contributed by atoms with Crippen LogP contribution in [0.5, 0.6) is 0 Å². The van der Waals surface area contributed by atoms with E-state index in [4.69, 9.17) is 29.2 Å². The van der Waals surface area contributed by atoms with E-state index in [0.717, 1.165) is 0 Å². The molecule has 2 aliphatic rings. The second-order valence-electron chi connectivity index (χ2n) is 3.27. The number of rotatable bonds is 2. The van der Waals surface area contributed by atoms with Crippen molar-refractivity contribution >= 4 is 0 Å². The molecule has 0 saturated carbocycles. The molecule has 0 unspecified atom stereocenters. The summed E-state index contributed by atoms with van der Waals surface area (Å²) in [5.74, 6) is 0. The highest BCUT2D eigenvalue weighted by Gasteiger charge is 2.43. The smallest absolute Gasteiger partial charge is 0.147 e. The summed E-state index contributed by atoms with van der Waals surface area (Å²) in [7, 11) is 0. The predicted octanol–water partition coefficient (Wildman–Crippen LogP) is -1.55. The van der Waals surface area contributed by atoms with Crippen LogP contribution in [0.4, 0.5) is 0 Å². The van der Waals surface area contributed by atoms with E-state index in [0.29, 0.717) is 0 Å². The molecule has 2 N–H and O–H groups in total. The highest BCUT2D eigenvalue weighted by Crippen LogP contribution is 2.25. The molecule has 4 atom stereocenters. The Bertz CT molecular complexity index is 167. The van der Waals surface area contributed by atoms with E-state index >= 15 is 0 Å². The number of aliphatic hydroxyl groups excluding tert-OH is 2. The standard InChI is InChI=1S/C8H14O6/c9-1-5-7-8(14-3-11-5)6(2-10)12-4-13-7/h5-10H,1-4H2/t5-,6-,7-,8-/m0/s1. The third kappa shape index (κ3) is 1.77. The van der Waals surface area contributed by atoms with Gasteiger partial charge < -0.3 is 29.2 Å². The molecular weight excluding hydrogens is 192 g/mol. The van der Waals surface area contributed by atoms with Crippen LogP contribution in [-0.2, 0) is 18.9 Å². The Balaban J connectivity index is 2.04. The molecule has 2 rings (SSSR count). The zero-order chi connectivity index (χ0) is 9.97.